The van der Waals surface area contributed by atoms with Crippen LogP contribution in [0.4, 0.5) is 0 Å². The van der Waals surface area contributed by atoms with Crippen molar-refractivity contribution in [3.63, 3.8) is 0 Å². The first-order valence-electron chi connectivity index (χ1n) is 25.2. The Morgan fingerprint density at radius 2 is 0.700 bits per heavy atom. The molecule has 0 N–H and O–H groups in total. The number of rotatable bonds is 10. The Kier molecular flexibility index (Phi) is 11.0. The monoisotopic (exact) mass is 900 g/mol. The molecule has 3 aromatic heterocycles. The zero-order chi connectivity index (χ0) is 50.1. The highest BCUT2D eigenvalue weighted by Gasteiger charge is 2.18. The van der Waals surface area contributed by atoms with Gasteiger partial charge >= 0.3 is 0 Å². The molecule has 3 heteroatoms. The number of aromatic nitrogens is 3. The van der Waals surface area contributed by atoms with Crippen LogP contribution in [0.1, 0.15) is 30.4 Å². The van der Waals surface area contributed by atoms with Crippen LogP contribution in [-0.2, 0) is 5.41 Å². The zero-order valence-electron chi connectivity index (χ0n) is 42.4. The minimum Gasteiger partial charge on any atom is -0.256 e. The molecule has 3 heterocycles. The fraction of sp³-hybridized carbons (Fsp3) is 0.0597. The van der Waals surface area contributed by atoms with E-state index in [-0.39, 0.29) is 23.5 Å². The van der Waals surface area contributed by atoms with Gasteiger partial charge in [-0.3, -0.25) is 15.0 Å². The van der Waals surface area contributed by atoms with Crippen molar-refractivity contribution in [2.75, 3.05) is 0 Å². The molecule has 0 spiro atoms. The average molecular weight is 901 g/mol. The van der Waals surface area contributed by atoms with Gasteiger partial charge in [-0.25, -0.2) is 0 Å². The average Bonchev–Trinajstić information content (AvgIpc) is 3.44. The molecule has 70 heavy (non-hydrogen) atoms. The highest BCUT2D eigenvalue weighted by atomic mass is 14.7. The molecule has 11 rings (SSSR count). The maximum atomic E-state index is 9.41. The molecular formula is C67H51N3. The summed E-state index contributed by atoms with van der Waals surface area (Å²) >= 11 is 0. The second kappa shape index (κ2) is 19.1. The second-order valence-corrected chi connectivity index (χ2v) is 18.6. The fourth-order valence-corrected chi connectivity index (χ4v) is 9.27. The van der Waals surface area contributed by atoms with Crippen molar-refractivity contribution in [3.8, 4) is 112 Å². The van der Waals surface area contributed by atoms with Gasteiger partial charge in [-0.1, -0.05) is 203 Å². The van der Waals surface area contributed by atoms with Crippen molar-refractivity contribution in [1.82, 2.24) is 15.0 Å². The molecule has 0 atom stereocenters. The number of nitrogens with zero attached hydrogens (tertiary/aromatic N) is 3. The summed E-state index contributed by atoms with van der Waals surface area (Å²) in [6.45, 7) is 6.67. The van der Waals surface area contributed by atoms with Crippen LogP contribution in [0.25, 0.3) is 112 Å². The molecule has 0 saturated carbocycles. The summed E-state index contributed by atoms with van der Waals surface area (Å²) in [5, 5.41) is 0. The first-order chi connectivity index (χ1) is 35.6. The molecule has 11 aromatic rings. The van der Waals surface area contributed by atoms with Crippen molar-refractivity contribution in [2.45, 2.75) is 26.2 Å². The van der Waals surface area contributed by atoms with Gasteiger partial charge in [0.1, 0.15) is 0 Å². The van der Waals surface area contributed by atoms with Gasteiger partial charge in [0.2, 0.25) is 0 Å². The SMILES string of the molecule is [2H]c1cc(-c2ccccn2)c([2H])c([2H])c1-c1ccccc1-c1cc(-c2ccccc2-c2ccc(-c3cc(-c4ccccc4)ccn3)cc2)cc(-c2ccccc2-c2ccc(-c3cc(C(C)(C)C)ccn3)cc2)c1. The molecule has 3 nitrogen and oxygen atoms in total. The van der Waals surface area contributed by atoms with Crippen molar-refractivity contribution >= 4 is 0 Å². The Labute approximate surface area is 415 Å². The summed E-state index contributed by atoms with van der Waals surface area (Å²) in [5.74, 6) is 0. The minimum atomic E-state index is -0.0121. The van der Waals surface area contributed by atoms with E-state index < -0.39 is 0 Å². The molecule has 0 fully saturated rings. The van der Waals surface area contributed by atoms with Crippen molar-refractivity contribution in [1.29, 1.82) is 0 Å². The highest BCUT2D eigenvalue weighted by Crippen LogP contribution is 2.43. The molecule has 8 aromatic carbocycles. The van der Waals surface area contributed by atoms with E-state index in [4.69, 9.17) is 9.97 Å². The minimum absolute atomic E-state index is 0.00566. The summed E-state index contributed by atoms with van der Waals surface area (Å²) in [6.07, 6.45) is 5.45. The number of hydrogen-bond acceptors (Lipinski definition) is 3. The first kappa shape index (κ1) is 40.3. The van der Waals surface area contributed by atoms with E-state index in [1.54, 1.807) is 12.3 Å². The number of hydrogen-bond donors (Lipinski definition) is 0. The van der Waals surface area contributed by atoms with Gasteiger partial charge in [0, 0.05) is 35.3 Å². The molecular weight excluding hydrogens is 847 g/mol. The predicted octanol–water partition coefficient (Wildman–Crippen LogP) is 17.8. The molecule has 0 aliphatic carbocycles. The van der Waals surface area contributed by atoms with Gasteiger partial charge in [0.15, 0.2) is 0 Å². The van der Waals surface area contributed by atoms with Gasteiger partial charge < -0.3 is 0 Å². The third-order valence-electron chi connectivity index (χ3n) is 13.0. The Morgan fingerprint density at radius 3 is 1.21 bits per heavy atom. The lowest BCUT2D eigenvalue weighted by molar-refractivity contribution is 0.589. The smallest absolute Gasteiger partial charge is 0.0708 e. The molecule has 0 amide bonds. The topological polar surface area (TPSA) is 38.7 Å². The summed E-state index contributed by atoms with van der Waals surface area (Å²) in [6, 6.07) is 75.3. The molecule has 0 aliphatic heterocycles. The fourth-order valence-electron chi connectivity index (χ4n) is 9.27. The Hall–Kier alpha value is -8.79. The standard InChI is InChI=1S/C67H51N3/c1-67(2,3)57-37-40-70-66(45-57)52-34-28-49(29-35-52)60-19-9-12-22-63(60)56-42-54(61-20-10-7-17-58(61)47-24-30-50(31-25-47)64-23-13-14-38-68-64)41-55(43-56)62-21-11-8-18-59(62)48-26-32-51(33-27-48)65-44-53(36-39-69-65)46-15-5-4-6-16-46/h4-45H,1-3H3/i24D,25D,30D. The number of benzene rings is 8. The molecule has 0 unspecified atom stereocenters. The summed E-state index contributed by atoms with van der Waals surface area (Å²) in [5.41, 5.74) is 19.8. The Morgan fingerprint density at radius 1 is 0.271 bits per heavy atom. The zero-order valence-corrected chi connectivity index (χ0v) is 39.4. The first-order valence-corrected chi connectivity index (χ1v) is 23.7. The number of pyridine rings is 3. The third kappa shape index (κ3) is 9.13. The van der Waals surface area contributed by atoms with E-state index in [0.29, 0.717) is 22.4 Å². The molecule has 0 saturated heterocycles. The maximum Gasteiger partial charge on any atom is 0.0708 e. The molecule has 0 aliphatic rings. The van der Waals surface area contributed by atoms with Crippen LogP contribution in [0.5, 0.6) is 0 Å². The van der Waals surface area contributed by atoms with Crippen LogP contribution in [0.2, 0.25) is 0 Å². The van der Waals surface area contributed by atoms with E-state index in [0.717, 1.165) is 89.3 Å². The van der Waals surface area contributed by atoms with Crippen LogP contribution in [-0.4, -0.2) is 15.0 Å². The predicted molar refractivity (Wildman–Crippen MR) is 293 cm³/mol. The molecule has 334 valence electrons. The van der Waals surface area contributed by atoms with E-state index in [1.807, 2.05) is 60.9 Å². The summed E-state index contributed by atoms with van der Waals surface area (Å²) in [4.78, 5) is 14.0. The Balaban J connectivity index is 1.05. The van der Waals surface area contributed by atoms with E-state index >= 15 is 0 Å². The van der Waals surface area contributed by atoms with Crippen LogP contribution >= 0.6 is 0 Å². The normalized spacial score (nSPS) is 12.0. The van der Waals surface area contributed by atoms with E-state index in [9.17, 15) is 4.11 Å². The van der Waals surface area contributed by atoms with Crippen LogP contribution in [0.3, 0.4) is 0 Å². The quantitative estimate of drug-likeness (QED) is 0.137. The van der Waals surface area contributed by atoms with Gasteiger partial charge in [0.05, 0.1) is 21.2 Å². The largest absolute Gasteiger partial charge is 0.256 e. The lowest BCUT2D eigenvalue weighted by Gasteiger charge is -2.19. The van der Waals surface area contributed by atoms with Crippen molar-refractivity contribution < 1.29 is 4.11 Å². The highest BCUT2D eigenvalue weighted by molar-refractivity contribution is 5.94. The van der Waals surface area contributed by atoms with Gasteiger partial charge in [-0.15, -0.1) is 0 Å². The van der Waals surface area contributed by atoms with Crippen molar-refractivity contribution in [3.05, 3.63) is 261 Å². The van der Waals surface area contributed by atoms with Crippen LogP contribution in [0, 0.1) is 0 Å². The molecule has 0 bridgehead atoms. The lowest BCUT2D eigenvalue weighted by atomic mass is 9.86. The molecule has 0 radical (unpaired) electrons. The van der Waals surface area contributed by atoms with Crippen molar-refractivity contribution in [2.24, 2.45) is 0 Å². The van der Waals surface area contributed by atoms with E-state index in [2.05, 4.69) is 190 Å². The summed E-state index contributed by atoms with van der Waals surface area (Å²) in [7, 11) is 0. The Bertz CT molecular complexity index is 3790. The maximum absolute atomic E-state index is 9.41. The van der Waals surface area contributed by atoms with Crippen LogP contribution in [0.15, 0.2) is 255 Å². The van der Waals surface area contributed by atoms with Gasteiger partial charge in [0.25, 0.3) is 0 Å². The third-order valence-corrected chi connectivity index (χ3v) is 13.0. The second-order valence-electron chi connectivity index (χ2n) is 18.6. The summed E-state index contributed by atoms with van der Waals surface area (Å²) < 4.78 is 28.0. The van der Waals surface area contributed by atoms with E-state index in [1.165, 1.54) is 5.56 Å². The van der Waals surface area contributed by atoms with Gasteiger partial charge in [-0.05, 0) is 143 Å². The van der Waals surface area contributed by atoms with Crippen LogP contribution < -0.4 is 0 Å². The lowest BCUT2D eigenvalue weighted by Crippen LogP contribution is -2.11. The van der Waals surface area contributed by atoms with Gasteiger partial charge in [-0.2, -0.15) is 0 Å².